The predicted molar refractivity (Wildman–Crippen MR) is 144 cm³/mol. The first-order valence-electron chi connectivity index (χ1n) is 13.4. The quantitative estimate of drug-likeness (QED) is 0.300. The van der Waals surface area contributed by atoms with Gasteiger partial charge in [-0.2, -0.15) is 0 Å². The van der Waals surface area contributed by atoms with Crippen molar-refractivity contribution in [1.29, 1.82) is 0 Å². The summed E-state index contributed by atoms with van der Waals surface area (Å²) in [6.45, 7) is 9.09. The molecule has 1 unspecified atom stereocenters. The molecule has 0 amide bonds. The molecule has 2 aromatic heterocycles. The predicted octanol–water partition coefficient (Wildman–Crippen LogP) is 6.90. The van der Waals surface area contributed by atoms with E-state index in [2.05, 4.69) is 50.1 Å². The molecule has 2 aliphatic rings. The zero-order chi connectivity index (χ0) is 25.0. The van der Waals surface area contributed by atoms with E-state index in [1.54, 1.807) is 6.07 Å². The van der Waals surface area contributed by atoms with E-state index in [1.165, 1.54) is 85.9 Å². The van der Waals surface area contributed by atoms with Crippen LogP contribution in [0.4, 0.5) is 0 Å². The van der Waals surface area contributed by atoms with E-state index >= 15 is 0 Å². The molecule has 2 aliphatic carbocycles. The highest BCUT2D eigenvalue weighted by molar-refractivity contribution is 5.87. The van der Waals surface area contributed by atoms with Gasteiger partial charge in [-0.15, -0.1) is 0 Å². The molecule has 0 spiro atoms. The van der Waals surface area contributed by atoms with Crippen molar-refractivity contribution in [2.45, 2.75) is 96.8 Å². The third-order valence-corrected chi connectivity index (χ3v) is 7.65. The molecule has 188 valence electrons. The molecule has 0 saturated carbocycles. The van der Waals surface area contributed by atoms with Crippen molar-refractivity contribution in [3.05, 3.63) is 63.7 Å². The van der Waals surface area contributed by atoms with Crippen LogP contribution in [0.15, 0.2) is 34.8 Å². The highest BCUT2D eigenvalue weighted by atomic mass is 16.5. The Kier molecular flexibility index (Phi) is 7.88. The van der Waals surface area contributed by atoms with Crippen molar-refractivity contribution >= 4 is 23.2 Å². The molecule has 4 heteroatoms. The van der Waals surface area contributed by atoms with E-state index in [0.29, 0.717) is 11.7 Å². The fourth-order valence-electron chi connectivity index (χ4n) is 5.69. The normalized spacial score (nSPS) is 18.7. The average molecular weight is 476 g/mol. The van der Waals surface area contributed by atoms with Crippen LogP contribution in [0.3, 0.4) is 0 Å². The van der Waals surface area contributed by atoms with Gasteiger partial charge in [0.2, 0.25) is 5.76 Å². The van der Waals surface area contributed by atoms with Gasteiger partial charge in [-0.1, -0.05) is 77.5 Å². The number of methoxy groups -OCH3 is 1. The topological polar surface area (TPSA) is 55.2 Å². The Labute approximate surface area is 209 Å². The number of allylic oxidation sites excluding steroid dienone is 4. The van der Waals surface area contributed by atoms with Crippen LogP contribution in [0, 0.1) is 0 Å². The van der Waals surface area contributed by atoms with Crippen LogP contribution >= 0.6 is 0 Å². The molecule has 0 aromatic carbocycles. The lowest BCUT2D eigenvalue weighted by Crippen LogP contribution is -2.30. The van der Waals surface area contributed by atoms with Gasteiger partial charge in [0.1, 0.15) is 5.76 Å². The first kappa shape index (κ1) is 25.3. The van der Waals surface area contributed by atoms with Crippen LogP contribution < -0.4 is 10.7 Å². The second-order valence-electron chi connectivity index (χ2n) is 10.8. The fourth-order valence-corrected chi connectivity index (χ4v) is 5.69. The Bertz CT molecular complexity index is 1230. The first-order chi connectivity index (χ1) is 16.9. The molecule has 0 aliphatic heterocycles. The van der Waals surface area contributed by atoms with Crippen molar-refractivity contribution in [2.24, 2.45) is 0 Å². The monoisotopic (exact) mass is 475 g/mol. The summed E-state index contributed by atoms with van der Waals surface area (Å²) in [7, 11) is 1.37. The van der Waals surface area contributed by atoms with Crippen LogP contribution in [-0.4, -0.2) is 18.1 Å². The van der Waals surface area contributed by atoms with Gasteiger partial charge in [-0.05, 0) is 72.1 Å². The summed E-state index contributed by atoms with van der Waals surface area (Å²) in [5.41, 5.74) is 5.32. The first-order valence-corrected chi connectivity index (χ1v) is 13.4. The van der Waals surface area contributed by atoms with Crippen molar-refractivity contribution < 1.29 is 13.9 Å². The Morgan fingerprint density at radius 1 is 1.17 bits per heavy atom. The second-order valence-corrected chi connectivity index (χ2v) is 10.8. The van der Waals surface area contributed by atoms with Gasteiger partial charge in [0.25, 0.3) is 0 Å². The number of carbonyl (C=O) groups is 1. The minimum absolute atomic E-state index is 0.166. The fraction of sp³-hybridized carbons (Fsp3) is 0.516. The van der Waals surface area contributed by atoms with Crippen LogP contribution in [0.5, 0.6) is 0 Å². The largest absolute Gasteiger partial charge is 0.463 e. The summed E-state index contributed by atoms with van der Waals surface area (Å²) >= 11 is 0. The van der Waals surface area contributed by atoms with E-state index in [9.17, 15) is 4.79 Å². The van der Waals surface area contributed by atoms with E-state index in [4.69, 9.17) is 9.15 Å². The maximum Gasteiger partial charge on any atom is 0.373 e. The third kappa shape index (κ3) is 5.42. The SMILES string of the molecule is CCCCCCCCC1C=CC(C=C(C)c2ccc(C(=O)OC)o2)=c2[nH]c3c(c21)C(C)(C)CCC=3. The van der Waals surface area contributed by atoms with Gasteiger partial charge in [-0.3, -0.25) is 0 Å². The minimum atomic E-state index is -0.455. The van der Waals surface area contributed by atoms with E-state index in [1.807, 2.05) is 13.0 Å². The standard InChI is InChI=1S/C31H41NO3/c1-6-7-8-9-10-11-13-22-15-16-23(20-21(2)25-17-18-26(35-25)30(33)34-5)29-27(22)28-24(32-29)14-12-19-31(28,3)4/h14-18,20,22,32H,6-13,19H2,1-5H3. The zero-order valence-corrected chi connectivity index (χ0v) is 22.1. The molecule has 0 bridgehead atoms. The number of H-pyrrole nitrogens is 1. The number of furan rings is 1. The number of ether oxygens (including phenoxy) is 1. The molecular weight excluding hydrogens is 434 g/mol. The number of unbranched alkanes of at least 4 members (excludes halogenated alkanes) is 5. The Morgan fingerprint density at radius 3 is 2.69 bits per heavy atom. The number of hydrogen-bond acceptors (Lipinski definition) is 3. The maximum absolute atomic E-state index is 11.8. The van der Waals surface area contributed by atoms with Crippen LogP contribution in [-0.2, 0) is 10.2 Å². The van der Waals surface area contributed by atoms with Crippen LogP contribution in [0.25, 0.3) is 17.2 Å². The van der Waals surface area contributed by atoms with Gasteiger partial charge in [-0.25, -0.2) is 4.79 Å². The molecule has 0 saturated heterocycles. The van der Waals surface area contributed by atoms with Crippen molar-refractivity contribution in [1.82, 2.24) is 4.98 Å². The third-order valence-electron chi connectivity index (χ3n) is 7.65. The molecule has 1 atom stereocenters. The van der Waals surface area contributed by atoms with Gasteiger partial charge in [0.15, 0.2) is 0 Å². The lowest BCUT2D eigenvalue weighted by atomic mass is 9.73. The molecule has 0 radical (unpaired) electrons. The summed E-state index contributed by atoms with van der Waals surface area (Å²) < 4.78 is 10.5. The summed E-state index contributed by atoms with van der Waals surface area (Å²) in [5.74, 6) is 0.911. The number of hydrogen-bond donors (Lipinski definition) is 1. The Balaban J connectivity index is 1.69. The Hall–Kier alpha value is -2.75. The minimum Gasteiger partial charge on any atom is -0.463 e. The number of fused-ring (bicyclic) bond motifs is 3. The molecule has 1 N–H and O–H groups in total. The Morgan fingerprint density at radius 2 is 1.91 bits per heavy atom. The van der Waals surface area contributed by atoms with Crippen molar-refractivity contribution in [2.75, 3.05) is 7.11 Å². The number of rotatable bonds is 10. The second kappa shape index (κ2) is 10.9. The smallest absolute Gasteiger partial charge is 0.373 e. The summed E-state index contributed by atoms with van der Waals surface area (Å²) in [6.07, 6.45) is 20.7. The van der Waals surface area contributed by atoms with Gasteiger partial charge < -0.3 is 14.1 Å². The number of esters is 1. The average Bonchev–Trinajstić information content (AvgIpc) is 3.48. The number of nitrogens with one attached hydrogen (secondary N) is 1. The summed E-state index contributed by atoms with van der Waals surface area (Å²) in [6, 6.07) is 3.51. The molecule has 4 rings (SSSR count). The van der Waals surface area contributed by atoms with E-state index < -0.39 is 5.97 Å². The zero-order valence-electron chi connectivity index (χ0n) is 22.1. The number of aromatic nitrogens is 1. The number of carbonyl (C=O) groups excluding carboxylic acids is 1. The van der Waals surface area contributed by atoms with Crippen molar-refractivity contribution in [3.63, 3.8) is 0 Å². The highest BCUT2D eigenvalue weighted by Crippen LogP contribution is 2.37. The van der Waals surface area contributed by atoms with Crippen molar-refractivity contribution in [3.8, 4) is 0 Å². The highest BCUT2D eigenvalue weighted by Gasteiger charge is 2.32. The lowest BCUT2D eigenvalue weighted by Gasteiger charge is -2.30. The number of aromatic amines is 1. The molecule has 4 nitrogen and oxygen atoms in total. The van der Waals surface area contributed by atoms with E-state index in [0.717, 1.165) is 12.0 Å². The lowest BCUT2D eigenvalue weighted by molar-refractivity contribution is 0.0564. The summed E-state index contributed by atoms with van der Waals surface area (Å²) in [5, 5.41) is 2.55. The molecule has 2 aromatic rings. The molecule has 35 heavy (non-hydrogen) atoms. The van der Waals surface area contributed by atoms with Gasteiger partial charge in [0, 0.05) is 16.6 Å². The van der Waals surface area contributed by atoms with Crippen LogP contribution in [0.1, 0.15) is 119 Å². The maximum atomic E-state index is 11.8. The molecule has 0 fully saturated rings. The summed E-state index contributed by atoms with van der Waals surface area (Å²) in [4.78, 5) is 15.6. The van der Waals surface area contributed by atoms with Crippen LogP contribution in [0.2, 0.25) is 0 Å². The van der Waals surface area contributed by atoms with E-state index in [-0.39, 0.29) is 11.2 Å². The molecular formula is C31H41NO3. The van der Waals surface area contributed by atoms with Gasteiger partial charge in [0.05, 0.1) is 7.11 Å². The van der Waals surface area contributed by atoms with Gasteiger partial charge >= 0.3 is 5.97 Å². The molecule has 2 heterocycles.